The summed E-state index contributed by atoms with van der Waals surface area (Å²) in [4.78, 5) is 45.5. The van der Waals surface area contributed by atoms with Crippen molar-refractivity contribution in [2.24, 2.45) is 5.92 Å². The lowest BCUT2D eigenvalue weighted by Gasteiger charge is -2.42. The smallest absolute Gasteiger partial charge is 0.242 e. The Hall–Kier alpha value is -2.80. The van der Waals surface area contributed by atoms with Gasteiger partial charge in [0.2, 0.25) is 18.2 Å². The molecule has 2 aliphatic heterocycles. The van der Waals surface area contributed by atoms with Crippen LogP contribution in [0.15, 0.2) is 65.6 Å². The molecule has 2 saturated heterocycles. The summed E-state index contributed by atoms with van der Waals surface area (Å²) in [6.45, 7) is 2.75. The minimum absolute atomic E-state index is 0.00222. The third-order valence-electron chi connectivity index (χ3n) is 6.91. The van der Waals surface area contributed by atoms with Crippen molar-refractivity contribution in [3.63, 3.8) is 0 Å². The molecule has 3 amide bonds. The molecule has 2 aromatic rings. The molecule has 0 aromatic heterocycles. The molecule has 7 heteroatoms. The van der Waals surface area contributed by atoms with Crippen molar-refractivity contribution in [3.05, 3.63) is 66.2 Å². The summed E-state index contributed by atoms with van der Waals surface area (Å²) in [5.74, 6) is 0.588. The van der Waals surface area contributed by atoms with E-state index < -0.39 is 4.75 Å². The lowest BCUT2D eigenvalue weighted by Crippen LogP contribution is -2.56. The van der Waals surface area contributed by atoms with E-state index in [1.807, 2.05) is 70.5 Å². The number of rotatable bonds is 7. The number of hydrogen-bond acceptors (Lipinski definition) is 4. The SMILES string of the molecule is O=CN1CCN(C(=O)C2(Sc3ccccc3)CC(=O)N(CC3CC3)C2c2ccccc2)CC1. The van der Waals surface area contributed by atoms with Gasteiger partial charge in [-0.1, -0.05) is 48.5 Å². The summed E-state index contributed by atoms with van der Waals surface area (Å²) in [6, 6.07) is 19.6. The fraction of sp³-hybridized carbons (Fsp3) is 0.423. The molecule has 3 fully saturated rings. The first-order chi connectivity index (χ1) is 16.1. The summed E-state index contributed by atoms with van der Waals surface area (Å²) in [6.07, 6.45) is 3.32. The fourth-order valence-corrected chi connectivity index (χ4v) is 6.51. The quantitative estimate of drug-likeness (QED) is 0.592. The average Bonchev–Trinajstić information content (AvgIpc) is 3.64. The Morgan fingerprint density at radius 2 is 1.61 bits per heavy atom. The Kier molecular flexibility index (Phi) is 6.15. The Bertz CT molecular complexity index is 1010. The van der Waals surface area contributed by atoms with E-state index in [-0.39, 0.29) is 24.3 Å². The van der Waals surface area contributed by atoms with Gasteiger partial charge in [0.15, 0.2) is 0 Å². The highest BCUT2D eigenvalue weighted by molar-refractivity contribution is 8.01. The van der Waals surface area contributed by atoms with E-state index in [2.05, 4.69) is 0 Å². The molecule has 2 unspecified atom stereocenters. The number of likely N-dealkylation sites (tertiary alicyclic amines) is 1. The molecular formula is C26H29N3O3S. The van der Waals surface area contributed by atoms with Crippen LogP contribution in [-0.4, -0.2) is 70.4 Å². The van der Waals surface area contributed by atoms with E-state index in [1.165, 1.54) is 11.8 Å². The van der Waals surface area contributed by atoms with Crippen LogP contribution in [0.4, 0.5) is 0 Å². The predicted octanol–water partition coefficient (Wildman–Crippen LogP) is 3.20. The minimum atomic E-state index is -0.946. The van der Waals surface area contributed by atoms with Gasteiger partial charge >= 0.3 is 0 Å². The van der Waals surface area contributed by atoms with Crippen LogP contribution in [0.2, 0.25) is 0 Å². The van der Waals surface area contributed by atoms with Crippen LogP contribution in [0.1, 0.15) is 30.9 Å². The van der Waals surface area contributed by atoms with Crippen molar-refractivity contribution in [1.82, 2.24) is 14.7 Å². The maximum Gasteiger partial charge on any atom is 0.242 e. The molecule has 33 heavy (non-hydrogen) atoms. The van der Waals surface area contributed by atoms with Gasteiger partial charge in [0.1, 0.15) is 4.75 Å². The highest BCUT2D eigenvalue weighted by Crippen LogP contribution is 2.54. The first-order valence-electron chi connectivity index (χ1n) is 11.7. The normalized spacial score (nSPS) is 25.4. The topological polar surface area (TPSA) is 60.9 Å². The fourth-order valence-electron chi connectivity index (χ4n) is 5.01. The number of carbonyl (C=O) groups excluding carboxylic acids is 3. The van der Waals surface area contributed by atoms with Crippen molar-refractivity contribution < 1.29 is 14.4 Å². The van der Waals surface area contributed by atoms with Crippen LogP contribution in [-0.2, 0) is 14.4 Å². The van der Waals surface area contributed by atoms with E-state index in [0.29, 0.717) is 38.6 Å². The summed E-state index contributed by atoms with van der Waals surface area (Å²) in [7, 11) is 0. The zero-order valence-electron chi connectivity index (χ0n) is 18.6. The zero-order valence-corrected chi connectivity index (χ0v) is 19.5. The molecule has 1 aliphatic carbocycles. The number of piperazine rings is 1. The van der Waals surface area contributed by atoms with Gasteiger partial charge in [-0.05, 0) is 36.5 Å². The Morgan fingerprint density at radius 3 is 2.21 bits per heavy atom. The Labute approximate surface area is 198 Å². The molecule has 2 aromatic carbocycles. The molecule has 0 bridgehead atoms. The molecule has 2 heterocycles. The third kappa shape index (κ3) is 4.38. The second kappa shape index (κ2) is 9.21. The van der Waals surface area contributed by atoms with Crippen LogP contribution in [0.5, 0.6) is 0 Å². The standard InChI is InChI=1S/C26H29N3O3S/c30-19-27-13-15-28(16-14-27)25(32)26(33-22-9-5-2-6-10-22)17-23(31)29(18-20-11-12-20)24(26)21-7-3-1-4-8-21/h1-10,19-20,24H,11-18H2. The van der Waals surface area contributed by atoms with Gasteiger partial charge in [-0.2, -0.15) is 0 Å². The lowest BCUT2D eigenvalue weighted by molar-refractivity contribution is -0.138. The van der Waals surface area contributed by atoms with Gasteiger partial charge in [0.05, 0.1) is 12.5 Å². The van der Waals surface area contributed by atoms with Gasteiger partial charge < -0.3 is 14.7 Å². The molecule has 2 atom stereocenters. The first kappa shape index (κ1) is 22.0. The number of thioether (sulfide) groups is 1. The first-order valence-corrected chi connectivity index (χ1v) is 12.5. The highest BCUT2D eigenvalue weighted by atomic mass is 32.2. The number of benzene rings is 2. The Morgan fingerprint density at radius 1 is 0.970 bits per heavy atom. The molecule has 3 aliphatic rings. The predicted molar refractivity (Wildman–Crippen MR) is 127 cm³/mol. The van der Waals surface area contributed by atoms with Gasteiger partial charge in [-0.15, -0.1) is 11.8 Å². The van der Waals surface area contributed by atoms with Crippen molar-refractivity contribution in [2.45, 2.75) is 34.9 Å². The summed E-state index contributed by atoms with van der Waals surface area (Å²) in [5.41, 5.74) is 1.01. The largest absolute Gasteiger partial charge is 0.342 e. The summed E-state index contributed by atoms with van der Waals surface area (Å²) >= 11 is 1.53. The third-order valence-corrected chi connectivity index (χ3v) is 8.32. The maximum absolute atomic E-state index is 14.3. The van der Waals surface area contributed by atoms with E-state index in [9.17, 15) is 14.4 Å². The number of carbonyl (C=O) groups is 3. The van der Waals surface area contributed by atoms with Crippen LogP contribution >= 0.6 is 11.8 Å². The van der Waals surface area contributed by atoms with Crippen molar-refractivity contribution in [2.75, 3.05) is 32.7 Å². The van der Waals surface area contributed by atoms with Gasteiger partial charge in [-0.3, -0.25) is 14.4 Å². The maximum atomic E-state index is 14.3. The molecular weight excluding hydrogens is 434 g/mol. The average molecular weight is 464 g/mol. The highest BCUT2D eigenvalue weighted by Gasteiger charge is 2.59. The minimum Gasteiger partial charge on any atom is -0.342 e. The van der Waals surface area contributed by atoms with E-state index in [0.717, 1.165) is 29.7 Å². The number of nitrogens with zero attached hydrogens (tertiary/aromatic N) is 3. The van der Waals surface area contributed by atoms with Gasteiger partial charge in [0.25, 0.3) is 0 Å². The molecule has 0 spiro atoms. The second-order valence-electron chi connectivity index (χ2n) is 9.22. The molecule has 0 radical (unpaired) electrons. The van der Waals surface area contributed by atoms with Gasteiger partial charge in [0, 0.05) is 37.6 Å². The molecule has 172 valence electrons. The number of hydrogen-bond donors (Lipinski definition) is 0. The van der Waals surface area contributed by atoms with Crippen molar-refractivity contribution in [1.29, 1.82) is 0 Å². The zero-order chi connectivity index (χ0) is 22.8. The lowest BCUT2D eigenvalue weighted by atomic mass is 9.90. The van der Waals surface area contributed by atoms with Crippen LogP contribution in [0.3, 0.4) is 0 Å². The van der Waals surface area contributed by atoms with Crippen molar-refractivity contribution in [3.8, 4) is 0 Å². The second-order valence-corrected chi connectivity index (χ2v) is 10.6. The van der Waals surface area contributed by atoms with Gasteiger partial charge in [-0.25, -0.2) is 0 Å². The van der Waals surface area contributed by atoms with E-state index in [1.54, 1.807) is 4.90 Å². The molecule has 1 saturated carbocycles. The van der Waals surface area contributed by atoms with E-state index >= 15 is 0 Å². The van der Waals surface area contributed by atoms with E-state index in [4.69, 9.17) is 0 Å². The molecule has 0 N–H and O–H groups in total. The summed E-state index contributed by atoms with van der Waals surface area (Å²) in [5, 5.41) is 0. The van der Waals surface area contributed by atoms with Crippen LogP contribution < -0.4 is 0 Å². The Balaban J connectivity index is 1.57. The number of amides is 3. The van der Waals surface area contributed by atoms with Crippen molar-refractivity contribution >= 4 is 30.0 Å². The van der Waals surface area contributed by atoms with Crippen LogP contribution in [0.25, 0.3) is 0 Å². The van der Waals surface area contributed by atoms with Crippen LogP contribution in [0, 0.1) is 5.92 Å². The molecule has 6 nitrogen and oxygen atoms in total. The molecule has 5 rings (SSSR count). The monoisotopic (exact) mass is 463 g/mol. The summed E-state index contributed by atoms with van der Waals surface area (Å²) < 4.78 is -0.946.